The average Bonchev–Trinajstić information content (AvgIpc) is 2.33. The van der Waals surface area contributed by atoms with Gasteiger partial charge >= 0.3 is 0 Å². The van der Waals surface area contributed by atoms with Crippen molar-refractivity contribution in [1.82, 2.24) is 10.2 Å². The zero-order valence-electron chi connectivity index (χ0n) is 9.36. The molecule has 0 bridgehead atoms. The second kappa shape index (κ2) is 4.61. The Balaban J connectivity index is 2.11. The summed E-state index contributed by atoms with van der Waals surface area (Å²) in [6.07, 6.45) is 0. The Labute approximate surface area is 94.7 Å². The Kier molecular flexibility index (Phi) is 3.00. The van der Waals surface area contributed by atoms with Crippen LogP contribution in [0.4, 0.5) is 17.2 Å². The fourth-order valence-electron chi connectivity index (χ4n) is 1.33. The standard InChI is InChI=1S/C12H14N4/c1-9-3-8-12(16-15-9)14-11-6-4-10(13-2)5-7-11/h3-8,13H,1-2H3,(H,14,16). The second-order valence-corrected chi connectivity index (χ2v) is 3.51. The highest BCUT2D eigenvalue weighted by Crippen LogP contribution is 2.16. The summed E-state index contributed by atoms with van der Waals surface area (Å²) in [4.78, 5) is 0. The molecule has 0 aliphatic carbocycles. The molecule has 0 fully saturated rings. The van der Waals surface area contributed by atoms with Gasteiger partial charge in [-0.1, -0.05) is 0 Å². The largest absolute Gasteiger partial charge is 0.388 e. The van der Waals surface area contributed by atoms with E-state index in [-0.39, 0.29) is 0 Å². The maximum Gasteiger partial charge on any atom is 0.153 e. The molecule has 0 saturated carbocycles. The first kappa shape index (κ1) is 10.4. The number of nitrogens with zero attached hydrogens (tertiary/aromatic N) is 2. The van der Waals surface area contributed by atoms with E-state index >= 15 is 0 Å². The van der Waals surface area contributed by atoms with Crippen LogP contribution >= 0.6 is 0 Å². The molecule has 16 heavy (non-hydrogen) atoms. The van der Waals surface area contributed by atoms with Crippen LogP contribution in [0.1, 0.15) is 5.69 Å². The van der Waals surface area contributed by atoms with Gasteiger partial charge in [0.05, 0.1) is 5.69 Å². The molecule has 0 saturated heterocycles. The van der Waals surface area contributed by atoms with Crippen LogP contribution in [0.15, 0.2) is 36.4 Å². The highest BCUT2D eigenvalue weighted by Gasteiger charge is 1.96. The summed E-state index contributed by atoms with van der Waals surface area (Å²) in [5.74, 6) is 0.753. The molecule has 0 atom stereocenters. The number of hydrogen-bond donors (Lipinski definition) is 2. The van der Waals surface area contributed by atoms with E-state index in [2.05, 4.69) is 20.8 Å². The maximum absolute atomic E-state index is 4.04. The molecule has 0 aliphatic rings. The molecule has 0 radical (unpaired) electrons. The Morgan fingerprint density at radius 2 is 1.56 bits per heavy atom. The molecule has 0 amide bonds. The van der Waals surface area contributed by atoms with E-state index in [0.29, 0.717) is 0 Å². The van der Waals surface area contributed by atoms with Gasteiger partial charge in [-0.05, 0) is 43.3 Å². The minimum absolute atomic E-state index is 0.753. The third-order valence-electron chi connectivity index (χ3n) is 2.24. The molecule has 2 aromatic rings. The average molecular weight is 214 g/mol. The second-order valence-electron chi connectivity index (χ2n) is 3.51. The lowest BCUT2D eigenvalue weighted by Crippen LogP contribution is -1.96. The summed E-state index contributed by atoms with van der Waals surface area (Å²) in [6.45, 7) is 1.92. The highest BCUT2D eigenvalue weighted by atomic mass is 15.2. The van der Waals surface area contributed by atoms with Crippen molar-refractivity contribution in [3.8, 4) is 0 Å². The Hall–Kier alpha value is -2.10. The molecule has 4 heteroatoms. The minimum atomic E-state index is 0.753. The van der Waals surface area contributed by atoms with E-state index in [1.54, 1.807) is 0 Å². The van der Waals surface area contributed by atoms with Crippen LogP contribution in [-0.4, -0.2) is 17.2 Å². The van der Waals surface area contributed by atoms with E-state index in [1.807, 2.05) is 50.4 Å². The van der Waals surface area contributed by atoms with E-state index in [0.717, 1.165) is 22.9 Å². The zero-order chi connectivity index (χ0) is 11.4. The SMILES string of the molecule is CNc1ccc(Nc2ccc(C)nn2)cc1. The monoisotopic (exact) mass is 214 g/mol. The predicted octanol–water partition coefficient (Wildman–Crippen LogP) is 2.57. The van der Waals surface area contributed by atoms with Gasteiger partial charge in [0.25, 0.3) is 0 Å². The quantitative estimate of drug-likeness (QED) is 0.824. The topological polar surface area (TPSA) is 49.8 Å². The normalized spacial score (nSPS) is 9.88. The smallest absolute Gasteiger partial charge is 0.153 e. The number of aryl methyl sites for hydroxylation is 1. The van der Waals surface area contributed by atoms with Crippen LogP contribution in [0.5, 0.6) is 0 Å². The summed E-state index contributed by atoms with van der Waals surface area (Å²) in [5.41, 5.74) is 2.99. The molecule has 1 aromatic heterocycles. The van der Waals surface area contributed by atoms with Crippen molar-refractivity contribution in [2.45, 2.75) is 6.92 Å². The number of nitrogens with one attached hydrogen (secondary N) is 2. The minimum Gasteiger partial charge on any atom is -0.388 e. The number of hydrogen-bond acceptors (Lipinski definition) is 4. The lowest BCUT2D eigenvalue weighted by molar-refractivity contribution is 0.986. The molecule has 82 valence electrons. The van der Waals surface area contributed by atoms with Crippen LogP contribution in [0, 0.1) is 6.92 Å². The lowest BCUT2D eigenvalue weighted by Gasteiger charge is -2.06. The molecular weight excluding hydrogens is 200 g/mol. The van der Waals surface area contributed by atoms with Crippen LogP contribution in [0.3, 0.4) is 0 Å². The van der Waals surface area contributed by atoms with Gasteiger partial charge in [0.15, 0.2) is 5.82 Å². The summed E-state index contributed by atoms with van der Waals surface area (Å²) in [6, 6.07) is 11.8. The predicted molar refractivity (Wildman–Crippen MR) is 66.0 cm³/mol. The van der Waals surface area contributed by atoms with E-state index in [9.17, 15) is 0 Å². The molecule has 2 rings (SSSR count). The summed E-state index contributed by atoms with van der Waals surface area (Å²) >= 11 is 0. The van der Waals surface area contributed by atoms with Gasteiger partial charge in [-0.25, -0.2) is 0 Å². The highest BCUT2D eigenvalue weighted by molar-refractivity contribution is 5.59. The fraction of sp³-hybridized carbons (Fsp3) is 0.167. The van der Waals surface area contributed by atoms with Crippen LogP contribution in [0.2, 0.25) is 0 Å². The fourth-order valence-corrected chi connectivity index (χ4v) is 1.33. The molecule has 0 spiro atoms. The molecule has 0 aliphatic heterocycles. The summed E-state index contributed by atoms with van der Waals surface area (Å²) in [5, 5.41) is 14.3. The van der Waals surface area contributed by atoms with Crippen molar-refractivity contribution in [1.29, 1.82) is 0 Å². The van der Waals surface area contributed by atoms with Crippen molar-refractivity contribution >= 4 is 17.2 Å². The van der Waals surface area contributed by atoms with E-state index < -0.39 is 0 Å². The molecule has 2 N–H and O–H groups in total. The van der Waals surface area contributed by atoms with Crippen molar-refractivity contribution < 1.29 is 0 Å². The number of benzene rings is 1. The van der Waals surface area contributed by atoms with Crippen molar-refractivity contribution in [3.63, 3.8) is 0 Å². The van der Waals surface area contributed by atoms with E-state index in [1.165, 1.54) is 0 Å². The van der Waals surface area contributed by atoms with E-state index in [4.69, 9.17) is 0 Å². The first-order valence-electron chi connectivity index (χ1n) is 5.13. The third kappa shape index (κ3) is 2.48. The van der Waals surface area contributed by atoms with Gasteiger partial charge in [-0.2, -0.15) is 5.10 Å². The molecule has 1 heterocycles. The van der Waals surface area contributed by atoms with Gasteiger partial charge in [-0.15, -0.1) is 5.10 Å². The van der Waals surface area contributed by atoms with Crippen molar-refractivity contribution in [2.75, 3.05) is 17.7 Å². The van der Waals surface area contributed by atoms with Gasteiger partial charge in [0.2, 0.25) is 0 Å². The lowest BCUT2D eigenvalue weighted by atomic mass is 10.3. The first-order valence-corrected chi connectivity index (χ1v) is 5.13. The summed E-state index contributed by atoms with van der Waals surface area (Å²) in [7, 11) is 1.90. The van der Waals surface area contributed by atoms with Crippen molar-refractivity contribution in [2.24, 2.45) is 0 Å². The number of rotatable bonds is 3. The van der Waals surface area contributed by atoms with Crippen LogP contribution in [0.25, 0.3) is 0 Å². The number of aromatic nitrogens is 2. The Morgan fingerprint density at radius 3 is 2.12 bits per heavy atom. The zero-order valence-corrected chi connectivity index (χ0v) is 9.36. The Morgan fingerprint density at radius 1 is 0.875 bits per heavy atom. The molecule has 4 nitrogen and oxygen atoms in total. The van der Waals surface area contributed by atoms with Gasteiger partial charge in [0.1, 0.15) is 0 Å². The van der Waals surface area contributed by atoms with Crippen LogP contribution < -0.4 is 10.6 Å². The molecule has 1 aromatic carbocycles. The maximum atomic E-state index is 4.04. The van der Waals surface area contributed by atoms with Gasteiger partial charge in [0, 0.05) is 18.4 Å². The third-order valence-corrected chi connectivity index (χ3v) is 2.24. The molecule has 0 unspecified atom stereocenters. The Bertz CT molecular complexity index is 447. The van der Waals surface area contributed by atoms with Crippen LogP contribution in [-0.2, 0) is 0 Å². The number of anilines is 3. The van der Waals surface area contributed by atoms with Gasteiger partial charge in [-0.3, -0.25) is 0 Å². The van der Waals surface area contributed by atoms with Crippen molar-refractivity contribution in [3.05, 3.63) is 42.1 Å². The van der Waals surface area contributed by atoms with Gasteiger partial charge < -0.3 is 10.6 Å². The first-order chi connectivity index (χ1) is 7.78. The summed E-state index contributed by atoms with van der Waals surface area (Å²) < 4.78 is 0. The molecular formula is C12H14N4.